The van der Waals surface area contributed by atoms with E-state index in [4.69, 9.17) is 19.3 Å². The zero-order valence-corrected chi connectivity index (χ0v) is 18.0. The summed E-state index contributed by atoms with van der Waals surface area (Å²) in [4.78, 5) is 11.1. The number of carboxylic acids is 1. The molecule has 0 aliphatic heterocycles. The van der Waals surface area contributed by atoms with Crippen LogP contribution in [0.3, 0.4) is 0 Å². The van der Waals surface area contributed by atoms with Crippen molar-refractivity contribution in [2.24, 2.45) is 0 Å². The molecular formula is C23H31NO6. The minimum Gasteiger partial charge on any atom is -0.497 e. The van der Waals surface area contributed by atoms with Gasteiger partial charge >= 0.3 is 5.97 Å². The molecule has 0 fully saturated rings. The molecule has 3 N–H and O–H groups in total. The van der Waals surface area contributed by atoms with Gasteiger partial charge < -0.3 is 29.7 Å². The molecule has 0 bridgehead atoms. The number of carboxylic acid groups (broad SMARTS) is 1. The topological polar surface area (TPSA) is 97.2 Å². The van der Waals surface area contributed by atoms with Gasteiger partial charge in [0.2, 0.25) is 0 Å². The number of rotatable bonds is 12. The number of aliphatic hydroxyl groups is 1. The lowest BCUT2D eigenvalue weighted by Crippen LogP contribution is -2.25. The highest BCUT2D eigenvalue weighted by molar-refractivity contribution is 5.77. The Labute approximate surface area is 177 Å². The van der Waals surface area contributed by atoms with E-state index in [-0.39, 0.29) is 6.61 Å². The van der Waals surface area contributed by atoms with Gasteiger partial charge in [0.05, 0.1) is 33.6 Å². The highest BCUT2D eigenvalue weighted by atomic mass is 16.5. The van der Waals surface area contributed by atoms with Gasteiger partial charge in [-0.25, -0.2) is 0 Å². The SMILES string of the molecule is COc1cc(CO)c(CCCCc2ccc(OC)c(NC(C)C(=O)O)c2)c(OC)c1. The number of carbonyl (C=O) groups is 1. The second-order valence-corrected chi connectivity index (χ2v) is 7.07. The van der Waals surface area contributed by atoms with E-state index in [1.807, 2.05) is 30.3 Å². The Balaban J connectivity index is 2.03. The molecule has 7 heteroatoms. The third-order valence-electron chi connectivity index (χ3n) is 5.05. The molecule has 0 spiro atoms. The van der Waals surface area contributed by atoms with E-state index < -0.39 is 12.0 Å². The molecule has 0 heterocycles. The maximum Gasteiger partial charge on any atom is 0.325 e. The molecule has 2 aromatic rings. The molecule has 2 aromatic carbocycles. The predicted octanol–water partition coefficient (Wildman–Crippen LogP) is 3.66. The lowest BCUT2D eigenvalue weighted by molar-refractivity contribution is -0.137. The highest BCUT2D eigenvalue weighted by Gasteiger charge is 2.14. The number of aryl methyl sites for hydroxylation is 1. The Morgan fingerprint density at radius 3 is 2.30 bits per heavy atom. The van der Waals surface area contributed by atoms with Crippen LogP contribution in [0, 0.1) is 0 Å². The summed E-state index contributed by atoms with van der Waals surface area (Å²) in [6, 6.07) is 8.73. The van der Waals surface area contributed by atoms with Gasteiger partial charge in [-0.2, -0.15) is 0 Å². The Morgan fingerprint density at radius 2 is 1.70 bits per heavy atom. The van der Waals surface area contributed by atoms with E-state index >= 15 is 0 Å². The standard InChI is InChI=1S/C23H31NO6/c1-15(23(26)27)24-20-11-16(9-10-21(20)29-3)7-5-6-8-19-17(14-25)12-18(28-2)13-22(19)30-4/h9-13,15,24-25H,5-8,14H2,1-4H3,(H,26,27). The number of hydrogen-bond donors (Lipinski definition) is 3. The first kappa shape index (κ1) is 23.3. The third-order valence-corrected chi connectivity index (χ3v) is 5.05. The van der Waals surface area contributed by atoms with E-state index in [1.54, 1.807) is 28.3 Å². The second kappa shape index (κ2) is 11.3. The van der Waals surface area contributed by atoms with Crippen molar-refractivity contribution in [2.75, 3.05) is 26.6 Å². The van der Waals surface area contributed by atoms with E-state index in [0.717, 1.165) is 48.1 Å². The van der Waals surface area contributed by atoms with Crippen molar-refractivity contribution in [1.82, 2.24) is 0 Å². The van der Waals surface area contributed by atoms with E-state index in [1.165, 1.54) is 0 Å². The molecule has 0 amide bonds. The van der Waals surface area contributed by atoms with Crippen LogP contribution in [0.5, 0.6) is 17.2 Å². The van der Waals surface area contributed by atoms with Crippen molar-refractivity contribution in [3.63, 3.8) is 0 Å². The first-order valence-electron chi connectivity index (χ1n) is 9.94. The quantitative estimate of drug-likeness (QED) is 0.454. The summed E-state index contributed by atoms with van der Waals surface area (Å²) >= 11 is 0. The zero-order valence-electron chi connectivity index (χ0n) is 18.0. The monoisotopic (exact) mass is 417 g/mol. The minimum absolute atomic E-state index is 0.0713. The Hall–Kier alpha value is -2.93. The average Bonchev–Trinajstić information content (AvgIpc) is 2.76. The molecule has 0 aromatic heterocycles. The average molecular weight is 418 g/mol. The Morgan fingerprint density at radius 1 is 1.00 bits per heavy atom. The summed E-state index contributed by atoms with van der Waals surface area (Å²) in [7, 11) is 4.76. The number of ether oxygens (including phenoxy) is 3. The van der Waals surface area contributed by atoms with Crippen LogP contribution in [-0.4, -0.2) is 43.6 Å². The Bertz CT molecular complexity index is 827. The van der Waals surface area contributed by atoms with Gasteiger partial charge in [0.15, 0.2) is 0 Å². The lowest BCUT2D eigenvalue weighted by Gasteiger charge is -2.16. The molecular weight excluding hydrogens is 386 g/mol. The number of aliphatic hydroxyl groups excluding tert-OH is 1. The largest absolute Gasteiger partial charge is 0.497 e. The van der Waals surface area contributed by atoms with E-state index in [9.17, 15) is 9.90 Å². The summed E-state index contributed by atoms with van der Waals surface area (Å²) < 4.78 is 16.1. The molecule has 1 atom stereocenters. The molecule has 30 heavy (non-hydrogen) atoms. The second-order valence-electron chi connectivity index (χ2n) is 7.07. The normalized spacial score (nSPS) is 11.6. The molecule has 0 aliphatic rings. The smallest absolute Gasteiger partial charge is 0.325 e. The summed E-state index contributed by atoms with van der Waals surface area (Å²) in [5, 5.41) is 21.8. The number of benzene rings is 2. The summed E-state index contributed by atoms with van der Waals surface area (Å²) in [5.74, 6) is 1.07. The zero-order chi connectivity index (χ0) is 22.1. The fraction of sp³-hybridized carbons (Fsp3) is 0.435. The van der Waals surface area contributed by atoms with Crippen molar-refractivity contribution in [2.45, 2.75) is 45.3 Å². The molecule has 0 aliphatic carbocycles. The number of aliphatic carboxylic acids is 1. The van der Waals surface area contributed by atoms with Gasteiger partial charge in [0, 0.05) is 6.07 Å². The van der Waals surface area contributed by atoms with Crippen LogP contribution in [0.1, 0.15) is 36.5 Å². The van der Waals surface area contributed by atoms with Crippen molar-refractivity contribution < 1.29 is 29.2 Å². The molecule has 0 radical (unpaired) electrons. The fourth-order valence-electron chi connectivity index (χ4n) is 3.35. The third kappa shape index (κ3) is 6.03. The molecule has 164 valence electrons. The van der Waals surface area contributed by atoms with Crippen LogP contribution in [0.15, 0.2) is 30.3 Å². The molecule has 0 saturated carbocycles. The van der Waals surface area contributed by atoms with Crippen LogP contribution in [-0.2, 0) is 24.2 Å². The van der Waals surface area contributed by atoms with Crippen LogP contribution >= 0.6 is 0 Å². The number of anilines is 1. The lowest BCUT2D eigenvalue weighted by atomic mass is 9.98. The predicted molar refractivity (Wildman–Crippen MR) is 116 cm³/mol. The molecule has 2 rings (SSSR count). The van der Waals surface area contributed by atoms with Gasteiger partial charge in [-0.15, -0.1) is 0 Å². The summed E-state index contributed by atoms with van der Waals surface area (Å²) in [6.45, 7) is 1.52. The maximum atomic E-state index is 11.1. The van der Waals surface area contributed by atoms with Crippen LogP contribution in [0.2, 0.25) is 0 Å². The number of methoxy groups -OCH3 is 3. The first-order chi connectivity index (χ1) is 14.4. The molecule has 0 saturated heterocycles. The summed E-state index contributed by atoms with van der Waals surface area (Å²) in [5.41, 5.74) is 3.57. The van der Waals surface area contributed by atoms with Crippen molar-refractivity contribution in [3.05, 3.63) is 47.0 Å². The van der Waals surface area contributed by atoms with Crippen molar-refractivity contribution in [3.8, 4) is 17.2 Å². The van der Waals surface area contributed by atoms with Gasteiger partial charge in [0.1, 0.15) is 23.3 Å². The van der Waals surface area contributed by atoms with E-state index in [2.05, 4.69) is 5.32 Å². The minimum atomic E-state index is -0.921. The first-order valence-corrected chi connectivity index (χ1v) is 9.94. The van der Waals surface area contributed by atoms with Crippen molar-refractivity contribution >= 4 is 11.7 Å². The van der Waals surface area contributed by atoms with Crippen LogP contribution < -0.4 is 19.5 Å². The summed E-state index contributed by atoms with van der Waals surface area (Å²) in [6.07, 6.45) is 3.46. The highest BCUT2D eigenvalue weighted by Crippen LogP contribution is 2.31. The van der Waals surface area contributed by atoms with Gasteiger partial charge in [-0.1, -0.05) is 6.07 Å². The van der Waals surface area contributed by atoms with Crippen LogP contribution in [0.25, 0.3) is 0 Å². The number of hydrogen-bond acceptors (Lipinski definition) is 6. The number of nitrogens with one attached hydrogen (secondary N) is 1. The molecule has 7 nitrogen and oxygen atoms in total. The molecule has 1 unspecified atom stereocenters. The van der Waals surface area contributed by atoms with Crippen molar-refractivity contribution in [1.29, 1.82) is 0 Å². The van der Waals surface area contributed by atoms with Crippen LogP contribution in [0.4, 0.5) is 5.69 Å². The van der Waals surface area contributed by atoms with Gasteiger partial charge in [0.25, 0.3) is 0 Å². The van der Waals surface area contributed by atoms with Gasteiger partial charge in [-0.05, 0) is 67.5 Å². The maximum absolute atomic E-state index is 11.1. The Kier molecular flexibility index (Phi) is 8.80. The van der Waals surface area contributed by atoms with Gasteiger partial charge in [-0.3, -0.25) is 4.79 Å². The number of unbranched alkanes of at least 4 members (excludes halogenated alkanes) is 1. The van der Waals surface area contributed by atoms with E-state index in [0.29, 0.717) is 17.2 Å². The fourth-order valence-corrected chi connectivity index (χ4v) is 3.35.